The molecular weight excluding hydrogens is 212 g/mol. The van der Waals surface area contributed by atoms with E-state index in [0.29, 0.717) is 0 Å². The Morgan fingerprint density at radius 1 is 1.18 bits per heavy atom. The van der Waals surface area contributed by atoms with Crippen LogP contribution in [0.25, 0.3) is 5.69 Å². The summed E-state index contributed by atoms with van der Waals surface area (Å²) in [6, 6.07) is 10.0. The smallest absolute Gasteiger partial charge is 0.157 e. The van der Waals surface area contributed by atoms with E-state index in [-0.39, 0.29) is 0 Å². The predicted octanol–water partition coefficient (Wildman–Crippen LogP) is 2.24. The molecule has 0 aliphatic carbocycles. The van der Waals surface area contributed by atoms with Gasteiger partial charge in [0.2, 0.25) is 0 Å². The van der Waals surface area contributed by atoms with Crippen LogP contribution in [0.3, 0.4) is 0 Å². The maximum Gasteiger partial charge on any atom is 0.157 e. The first kappa shape index (κ1) is 11.8. The molecule has 0 bridgehead atoms. The molecule has 4 heteroatoms. The lowest BCUT2D eigenvalue weighted by Crippen LogP contribution is -2.38. The topological polar surface area (TPSA) is 56.7 Å². The molecule has 17 heavy (non-hydrogen) atoms. The van der Waals surface area contributed by atoms with E-state index in [0.717, 1.165) is 24.4 Å². The minimum absolute atomic E-state index is 0.410. The summed E-state index contributed by atoms with van der Waals surface area (Å²) in [6.45, 7) is 4.15. The van der Waals surface area contributed by atoms with Gasteiger partial charge in [0.05, 0.1) is 5.54 Å². The molecule has 0 saturated carbocycles. The quantitative estimate of drug-likeness (QED) is 0.876. The lowest BCUT2D eigenvalue weighted by molar-refractivity contribution is 0.381. The van der Waals surface area contributed by atoms with E-state index < -0.39 is 5.54 Å². The number of hydrogen-bond donors (Lipinski definition) is 1. The van der Waals surface area contributed by atoms with Crippen molar-refractivity contribution in [1.29, 1.82) is 0 Å². The summed E-state index contributed by atoms with van der Waals surface area (Å²) in [5, 5.41) is 8.19. The summed E-state index contributed by atoms with van der Waals surface area (Å²) in [6.07, 6.45) is 3.40. The average molecular weight is 230 g/mol. The summed E-state index contributed by atoms with van der Waals surface area (Å²) in [7, 11) is 0. The molecule has 1 aromatic heterocycles. The van der Waals surface area contributed by atoms with Crippen molar-refractivity contribution in [2.75, 3.05) is 0 Å². The molecule has 2 N–H and O–H groups in total. The highest BCUT2D eigenvalue weighted by atomic mass is 15.3. The molecular formula is C13H18N4. The molecule has 0 radical (unpaired) electrons. The van der Waals surface area contributed by atoms with E-state index in [9.17, 15) is 0 Å². The zero-order chi connectivity index (χ0) is 12.3. The molecule has 0 unspecified atom stereocenters. The minimum atomic E-state index is -0.410. The van der Waals surface area contributed by atoms with Gasteiger partial charge >= 0.3 is 0 Å². The Balaban J connectivity index is 2.49. The first-order chi connectivity index (χ1) is 8.21. The monoisotopic (exact) mass is 230 g/mol. The van der Waals surface area contributed by atoms with Crippen molar-refractivity contribution >= 4 is 0 Å². The van der Waals surface area contributed by atoms with E-state index in [1.54, 1.807) is 6.33 Å². The number of nitrogens with zero attached hydrogens (tertiary/aromatic N) is 3. The van der Waals surface area contributed by atoms with Gasteiger partial charge in [-0.05, 0) is 25.0 Å². The van der Waals surface area contributed by atoms with Crippen LogP contribution in [0.15, 0.2) is 36.7 Å². The molecule has 1 heterocycles. The molecule has 0 aliphatic rings. The van der Waals surface area contributed by atoms with Gasteiger partial charge in [-0.15, -0.1) is 10.2 Å². The highest BCUT2D eigenvalue weighted by Gasteiger charge is 2.29. The Hall–Kier alpha value is -1.68. The van der Waals surface area contributed by atoms with Gasteiger partial charge < -0.3 is 5.73 Å². The highest BCUT2D eigenvalue weighted by molar-refractivity contribution is 5.33. The van der Waals surface area contributed by atoms with Crippen molar-refractivity contribution in [3.05, 3.63) is 42.5 Å². The Labute approximate surface area is 101 Å². The fraction of sp³-hybridized carbons (Fsp3) is 0.385. The van der Waals surface area contributed by atoms with Gasteiger partial charge in [-0.25, -0.2) is 0 Å². The van der Waals surface area contributed by atoms with Gasteiger partial charge in [-0.3, -0.25) is 4.57 Å². The van der Waals surface area contributed by atoms with Gasteiger partial charge in [0.15, 0.2) is 5.82 Å². The van der Waals surface area contributed by atoms with Crippen molar-refractivity contribution in [3.63, 3.8) is 0 Å². The van der Waals surface area contributed by atoms with Crippen LogP contribution < -0.4 is 5.73 Å². The SMILES string of the molecule is CCC(N)(CC)c1nncn1-c1ccccc1. The summed E-state index contributed by atoms with van der Waals surface area (Å²) in [4.78, 5) is 0. The third-order valence-corrected chi connectivity index (χ3v) is 3.29. The highest BCUT2D eigenvalue weighted by Crippen LogP contribution is 2.25. The van der Waals surface area contributed by atoms with Crippen LogP contribution in [0.1, 0.15) is 32.5 Å². The predicted molar refractivity (Wildman–Crippen MR) is 67.8 cm³/mol. The largest absolute Gasteiger partial charge is 0.319 e. The standard InChI is InChI=1S/C13H18N4/c1-3-13(14,4-2)12-16-15-10-17(12)11-8-6-5-7-9-11/h5-10H,3-4,14H2,1-2H3. The molecule has 0 fully saturated rings. The maximum absolute atomic E-state index is 6.38. The lowest BCUT2D eigenvalue weighted by atomic mass is 9.93. The molecule has 0 spiro atoms. The number of hydrogen-bond acceptors (Lipinski definition) is 3. The Bertz CT molecular complexity index is 471. The van der Waals surface area contributed by atoms with Crippen molar-refractivity contribution < 1.29 is 0 Å². The fourth-order valence-corrected chi connectivity index (χ4v) is 1.92. The van der Waals surface area contributed by atoms with Crippen LogP contribution in [0.2, 0.25) is 0 Å². The first-order valence-corrected chi connectivity index (χ1v) is 5.96. The number of para-hydroxylation sites is 1. The van der Waals surface area contributed by atoms with Gasteiger partial charge in [0.25, 0.3) is 0 Å². The summed E-state index contributed by atoms with van der Waals surface area (Å²) in [5.41, 5.74) is 7.01. The normalized spacial score (nSPS) is 11.7. The number of rotatable bonds is 4. The summed E-state index contributed by atoms with van der Waals surface area (Å²) in [5.74, 6) is 0.828. The van der Waals surface area contributed by atoms with Crippen LogP contribution in [-0.2, 0) is 5.54 Å². The fourth-order valence-electron chi connectivity index (χ4n) is 1.92. The van der Waals surface area contributed by atoms with Crippen LogP contribution in [0.4, 0.5) is 0 Å². The second kappa shape index (κ2) is 4.67. The van der Waals surface area contributed by atoms with E-state index in [1.165, 1.54) is 0 Å². The molecule has 0 saturated heterocycles. The molecule has 2 aromatic rings. The first-order valence-electron chi connectivity index (χ1n) is 5.96. The molecule has 0 atom stereocenters. The van der Waals surface area contributed by atoms with Crippen LogP contribution in [0.5, 0.6) is 0 Å². The average Bonchev–Trinajstić information content (AvgIpc) is 2.88. The third-order valence-electron chi connectivity index (χ3n) is 3.29. The van der Waals surface area contributed by atoms with Gasteiger partial charge in [-0.2, -0.15) is 0 Å². The molecule has 1 aromatic carbocycles. The Morgan fingerprint density at radius 2 is 1.82 bits per heavy atom. The van der Waals surface area contributed by atoms with Crippen molar-refractivity contribution in [2.45, 2.75) is 32.2 Å². The second-order valence-corrected chi connectivity index (χ2v) is 4.22. The summed E-state index contributed by atoms with van der Waals surface area (Å²) >= 11 is 0. The zero-order valence-electron chi connectivity index (χ0n) is 10.3. The number of aromatic nitrogens is 3. The Morgan fingerprint density at radius 3 is 2.41 bits per heavy atom. The molecule has 4 nitrogen and oxygen atoms in total. The number of nitrogens with two attached hydrogens (primary N) is 1. The van der Waals surface area contributed by atoms with Crippen molar-refractivity contribution in [3.8, 4) is 5.69 Å². The number of benzene rings is 1. The van der Waals surface area contributed by atoms with Gasteiger partial charge in [-0.1, -0.05) is 32.0 Å². The third kappa shape index (κ3) is 2.08. The zero-order valence-corrected chi connectivity index (χ0v) is 10.3. The van der Waals surface area contributed by atoms with Crippen LogP contribution in [0, 0.1) is 0 Å². The van der Waals surface area contributed by atoms with Crippen molar-refractivity contribution in [2.24, 2.45) is 5.73 Å². The Kier molecular flexibility index (Phi) is 3.24. The van der Waals surface area contributed by atoms with E-state index in [1.807, 2.05) is 34.9 Å². The molecule has 0 aliphatic heterocycles. The maximum atomic E-state index is 6.38. The van der Waals surface area contributed by atoms with E-state index >= 15 is 0 Å². The molecule has 2 rings (SSSR count). The van der Waals surface area contributed by atoms with Crippen LogP contribution >= 0.6 is 0 Å². The van der Waals surface area contributed by atoms with E-state index in [4.69, 9.17) is 5.73 Å². The van der Waals surface area contributed by atoms with E-state index in [2.05, 4.69) is 24.0 Å². The molecule has 0 amide bonds. The lowest BCUT2D eigenvalue weighted by Gasteiger charge is -2.25. The minimum Gasteiger partial charge on any atom is -0.319 e. The van der Waals surface area contributed by atoms with Gasteiger partial charge in [0, 0.05) is 5.69 Å². The summed E-state index contributed by atoms with van der Waals surface area (Å²) < 4.78 is 1.97. The molecule has 90 valence electrons. The van der Waals surface area contributed by atoms with Crippen LogP contribution in [-0.4, -0.2) is 14.8 Å². The van der Waals surface area contributed by atoms with Gasteiger partial charge in [0.1, 0.15) is 6.33 Å². The second-order valence-electron chi connectivity index (χ2n) is 4.22. The van der Waals surface area contributed by atoms with Crippen molar-refractivity contribution in [1.82, 2.24) is 14.8 Å².